The predicted molar refractivity (Wildman–Crippen MR) is 148 cm³/mol. The van der Waals surface area contributed by atoms with E-state index in [1.807, 2.05) is 0 Å². The van der Waals surface area contributed by atoms with Gasteiger partial charge in [-0.15, -0.1) is 0 Å². The number of benzene rings is 6. The Morgan fingerprint density at radius 2 is 1.00 bits per heavy atom. The first-order chi connectivity index (χ1) is 17.9. The van der Waals surface area contributed by atoms with Crippen molar-refractivity contribution in [2.24, 2.45) is 0 Å². The highest BCUT2D eigenvalue weighted by Crippen LogP contribution is 2.62. The molecule has 6 aromatic carbocycles. The molecule has 6 aromatic rings. The molecule has 9 rings (SSSR count). The van der Waals surface area contributed by atoms with E-state index in [-0.39, 0.29) is 5.41 Å². The molecule has 0 unspecified atom stereocenters. The molecule has 0 amide bonds. The smallest absolute Gasteiger partial charge is 0.0619 e. The lowest BCUT2D eigenvalue weighted by Gasteiger charge is -2.40. The summed E-state index contributed by atoms with van der Waals surface area (Å²) in [6.07, 6.45) is 1.00. The van der Waals surface area contributed by atoms with Gasteiger partial charge in [0, 0.05) is 0 Å². The maximum Gasteiger partial charge on any atom is 0.0725 e. The van der Waals surface area contributed by atoms with Crippen LogP contribution in [-0.4, -0.2) is 0 Å². The molecule has 0 nitrogen and oxygen atoms in total. The van der Waals surface area contributed by atoms with Crippen molar-refractivity contribution >= 4 is 10.8 Å². The summed E-state index contributed by atoms with van der Waals surface area (Å²) in [5.74, 6) is 0. The zero-order valence-electron chi connectivity index (χ0n) is 19.8. The summed E-state index contributed by atoms with van der Waals surface area (Å²) >= 11 is 0. The van der Waals surface area contributed by atoms with E-state index in [9.17, 15) is 0 Å². The fraction of sp³-hybridized carbons (Fsp3) is 0.0556. The minimum Gasteiger partial charge on any atom is -0.0619 e. The molecular formula is C36H22. The van der Waals surface area contributed by atoms with Crippen molar-refractivity contribution in [3.8, 4) is 33.4 Å². The van der Waals surface area contributed by atoms with Crippen LogP contribution in [0.25, 0.3) is 44.2 Å². The van der Waals surface area contributed by atoms with E-state index < -0.39 is 0 Å². The van der Waals surface area contributed by atoms with Gasteiger partial charge in [-0.05, 0) is 90.0 Å². The van der Waals surface area contributed by atoms with E-state index in [2.05, 4.69) is 121 Å². The van der Waals surface area contributed by atoms with Crippen LogP contribution in [0.4, 0.5) is 0 Å². The topological polar surface area (TPSA) is 0 Å². The minimum absolute atomic E-state index is 0.319. The van der Waals surface area contributed by atoms with Gasteiger partial charge in [0.1, 0.15) is 0 Å². The monoisotopic (exact) mass is 454 g/mol. The third-order valence-corrected chi connectivity index (χ3v) is 8.89. The van der Waals surface area contributed by atoms with E-state index in [0.717, 1.165) is 6.42 Å². The van der Waals surface area contributed by atoms with Crippen LogP contribution in [0.2, 0.25) is 0 Å². The molecule has 0 heteroatoms. The van der Waals surface area contributed by atoms with Crippen LogP contribution in [0.15, 0.2) is 121 Å². The van der Waals surface area contributed by atoms with Crippen LogP contribution < -0.4 is 0 Å². The minimum atomic E-state index is -0.319. The van der Waals surface area contributed by atoms with Crippen molar-refractivity contribution in [3.63, 3.8) is 0 Å². The summed E-state index contributed by atoms with van der Waals surface area (Å²) in [6, 6.07) is 45.9. The summed E-state index contributed by atoms with van der Waals surface area (Å²) in [4.78, 5) is 0. The van der Waals surface area contributed by atoms with Gasteiger partial charge in [0.05, 0.1) is 5.41 Å². The number of hydrogen-bond acceptors (Lipinski definition) is 0. The lowest BCUT2D eigenvalue weighted by molar-refractivity contribution is 0.772. The Labute approximate surface area is 210 Å². The first-order valence-electron chi connectivity index (χ1n) is 12.8. The standard InChI is InChI=1S/C36H22/c1-2-12-25-23(9-1)19-24-20-34-30(21-29(24)25)28-15-7-10-22-11-8-18-33(35(22)28)36(34)31-16-5-3-13-26(31)27-14-4-6-17-32(27)36/h1-18,20-21H,19H2. The molecule has 0 heterocycles. The predicted octanol–water partition coefficient (Wildman–Crippen LogP) is 8.75. The third-order valence-electron chi connectivity index (χ3n) is 8.89. The van der Waals surface area contributed by atoms with Crippen molar-refractivity contribution in [1.82, 2.24) is 0 Å². The van der Waals surface area contributed by atoms with Gasteiger partial charge in [-0.1, -0.05) is 115 Å². The Balaban J connectivity index is 1.52. The molecule has 0 saturated carbocycles. The molecule has 36 heavy (non-hydrogen) atoms. The lowest BCUT2D eigenvalue weighted by Crippen LogP contribution is -2.32. The summed E-state index contributed by atoms with van der Waals surface area (Å²) < 4.78 is 0. The maximum absolute atomic E-state index is 2.55. The van der Waals surface area contributed by atoms with Gasteiger partial charge in [-0.3, -0.25) is 0 Å². The van der Waals surface area contributed by atoms with Gasteiger partial charge in [0.25, 0.3) is 0 Å². The Hall–Kier alpha value is -4.42. The molecule has 3 aliphatic rings. The molecule has 166 valence electrons. The van der Waals surface area contributed by atoms with Crippen LogP contribution in [0.3, 0.4) is 0 Å². The second kappa shape index (κ2) is 6.42. The molecule has 0 atom stereocenters. The highest BCUT2D eigenvalue weighted by molar-refractivity contribution is 6.07. The van der Waals surface area contributed by atoms with Gasteiger partial charge in [-0.2, -0.15) is 0 Å². The fourth-order valence-corrected chi connectivity index (χ4v) is 7.56. The first kappa shape index (κ1) is 18.9. The molecule has 0 N–H and O–H groups in total. The Bertz CT molecular complexity index is 1870. The lowest BCUT2D eigenvalue weighted by atomic mass is 9.61. The molecule has 0 aromatic heterocycles. The van der Waals surface area contributed by atoms with Crippen molar-refractivity contribution in [3.05, 3.63) is 155 Å². The Kier molecular flexibility index (Phi) is 3.36. The van der Waals surface area contributed by atoms with E-state index in [0.29, 0.717) is 0 Å². The van der Waals surface area contributed by atoms with E-state index in [1.165, 1.54) is 77.5 Å². The Morgan fingerprint density at radius 1 is 0.389 bits per heavy atom. The van der Waals surface area contributed by atoms with Crippen LogP contribution in [-0.2, 0) is 11.8 Å². The molecule has 0 aliphatic heterocycles. The number of fused-ring (bicyclic) bond motifs is 12. The zero-order valence-corrected chi connectivity index (χ0v) is 19.8. The average Bonchev–Trinajstić information content (AvgIpc) is 3.45. The quantitative estimate of drug-likeness (QED) is 0.215. The van der Waals surface area contributed by atoms with Crippen LogP contribution in [0, 0.1) is 0 Å². The molecule has 1 spiro atoms. The maximum atomic E-state index is 2.55. The van der Waals surface area contributed by atoms with Crippen molar-refractivity contribution < 1.29 is 0 Å². The van der Waals surface area contributed by atoms with Crippen molar-refractivity contribution in [1.29, 1.82) is 0 Å². The number of rotatable bonds is 0. The van der Waals surface area contributed by atoms with Crippen LogP contribution in [0.1, 0.15) is 33.4 Å². The van der Waals surface area contributed by atoms with Gasteiger partial charge >= 0.3 is 0 Å². The molecule has 0 fully saturated rings. The van der Waals surface area contributed by atoms with Crippen molar-refractivity contribution in [2.45, 2.75) is 11.8 Å². The highest BCUT2D eigenvalue weighted by Gasteiger charge is 2.50. The van der Waals surface area contributed by atoms with Crippen molar-refractivity contribution in [2.75, 3.05) is 0 Å². The normalized spacial score (nSPS) is 14.8. The van der Waals surface area contributed by atoms with E-state index in [1.54, 1.807) is 0 Å². The highest BCUT2D eigenvalue weighted by atomic mass is 14.5. The zero-order chi connectivity index (χ0) is 23.4. The largest absolute Gasteiger partial charge is 0.0725 e. The van der Waals surface area contributed by atoms with Crippen LogP contribution >= 0.6 is 0 Å². The summed E-state index contributed by atoms with van der Waals surface area (Å²) in [5, 5.41) is 2.71. The second-order valence-electron chi connectivity index (χ2n) is 10.4. The van der Waals surface area contributed by atoms with Gasteiger partial charge < -0.3 is 0 Å². The van der Waals surface area contributed by atoms with E-state index >= 15 is 0 Å². The van der Waals surface area contributed by atoms with Gasteiger partial charge in [0.15, 0.2) is 0 Å². The summed E-state index contributed by atoms with van der Waals surface area (Å²) in [5.41, 5.74) is 16.5. The van der Waals surface area contributed by atoms with E-state index in [4.69, 9.17) is 0 Å². The third kappa shape index (κ3) is 2.05. The average molecular weight is 455 g/mol. The SMILES string of the molecule is c1ccc2c(c1)Cc1cc3c(cc1-2)-c1cccc2cccc(c12)C31c2ccccc2-c2ccccc21. The molecule has 3 aliphatic carbocycles. The summed E-state index contributed by atoms with van der Waals surface area (Å²) in [7, 11) is 0. The first-order valence-corrected chi connectivity index (χ1v) is 12.8. The van der Waals surface area contributed by atoms with Gasteiger partial charge in [-0.25, -0.2) is 0 Å². The Morgan fingerprint density at radius 3 is 1.78 bits per heavy atom. The molecule has 0 bridgehead atoms. The molecular weight excluding hydrogens is 432 g/mol. The summed E-state index contributed by atoms with van der Waals surface area (Å²) in [6.45, 7) is 0. The molecule has 0 radical (unpaired) electrons. The second-order valence-corrected chi connectivity index (χ2v) is 10.4. The van der Waals surface area contributed by atoms with Gasteiger partial charge in [0.2, 0.25) is 0 Å². The fourth-order valence-electron chi connectivity index (χ4n) is 7.56. The molecule has 0 saturated heterocycles. The van der Waals surface area contributed by atoms with Crippen LogP contribution in [0.5, 0.6) is 0 Å². The number of hydrogen-bond donors (Lipinski definition) is 0.